The van der Waals surface area contributed by atoms with Crippen molar-refractivity contribution in [3.63, 3.8) is 0 Å². The van der Waals surface area contributed by atoms with E-state index in [9.17, 15) is 0 Å². The number of nitrogens with zero attached hydrogens (tertiary/aromatic N) is 1. The zero-order valence-electron chi connectivity index (χ0n) is 11.3. The predicted octanol–water partition coefficient (Wildman–Crippen LogP) is 2.40. The molecule has 2 nitrogen and oxygen atoms in total. The van der Waals surface area contributed by atoms with Crippen LogP contribution in [-0.4, -0.2) is 29.2 Å². The van der Waals surface area contributed by atoms with E-state index in [2.05, 4.69) is 34.9 Å². The average Bonchev–Trinajstić information content (AvgIpc) is 3.28. The molecule has 1 aromatic rings. The van der Waals surface area contributed by atoms with Crippen molar-refractivity contribution in [2.24, 2.45) is 5.92 Å². The maximum absolute atomic E-state index is 8.75. The smallest absolute Gasteiger partial charge is 0.104 e. The minimum atomic E-state index is -0.0693. The summed E-state index contributed by atoms with van der Waals surface area (Å²) in [5, 5.41) is 8.75. The Labute approximate surface area is 115 Å². The van der Waals surface area contributed by atoms with Gasteiger partial charge in [0.1, 0.15) is 6.61 Å². The van der Waals surface area contributed by atoms with Crippen molar-refractivity contribution in [3.05, 3.63) is 35.4 Å². The summed E-state index contributed by atoms with van der Waals surface area (Å²) >= 11 is 0. The van der Waals surface area contributed by atoms with Crippen LogP contribution in [0.5, 0.6) is 0 Å². The lowest BCUT2D eigenvalue weighted by atomic mass is 10.1. The highest BCUT2D eigenvalue weighted by Crippen LogP contribution is 2.35. The number of aliphatic hydroxyl groups is 1. The average molecular weight is 255 g/mol. The van der Waals surface area contributed by atoms with Crippen molar-refractivity contribution in [1.82, 2.24) is 4.90 Å². The molecule has 2 fully saturated rings. The molecule has 3 rings (SSSR count). The Balaban J connectivity index is 1.66. The van der Waals surface area contributed by atoms with Crippen molar-refractivity contribution in [2.75, 3.05) is 13.2 Å². The van der Waals surface area contributed by atoms with Crippen molar-refractivity contribution in [1.29, 1.82) is 0 Å². The molecule has 2 heteroatoms. The molecule has 0 atom stereocenters. The normalized spacial score (nSPS) is 18.2. The Hall–Kier alpha value is -1.30. The van der Waals surface area contributed by atoms with Crippen molar-refractivity contribution >= 4 is 0 Å². The molecule has 100 valence electrons. The lowest BCUT2D eigenvalue weighted by molar-refractivity contribution is 0.244. The van der Waals surface area contributed by atoms with E-state index in [-0.39, 0.29) is 6.61 Å². The van der Waals surface area contributed by atoms with Gasteiger partial charge in [-0.25, -0.2) is 0 Å². The molecular formula is C17H21NO. The minimum absolute atomic E-state index is 0.0693. The summed E-state index contributed by atoms with van der Waals surface area (Å²) in [6, 6.07) is 9.25. The van der Waals surface area contributed by atoms with Gasteiger partial charge >= 0.3 is 0 Å². The molecule has 0 bridgehead atoms. The lowest BCUT2D eigenvalue weighted by Gasteiger charge is -2.22. The van der Waals surface area contributed by atoms with Crippen LogP contribution in [0.4, 0.5) is 0 Å². The van der Waals surface area contributed by atoms with Gasteiger partial charge in [0, 0.05) is 24.7 Å². The number of hydrogen-bond acceptors (Lipinski definition) is 2. The van der Waals surface area contributed by atoms with Crippen LogP contribution < -0.4 is 0 Å². The van der Waals surface area contributed by atoms with E-state index < -0.39 is 0 Å². The van der Waals surface area contributed by atoms with E-state index in [0.29, 0.717) is 0 Å². The van der Waals surface area contributed by atoms with Gasteiger partial charge in [-0.05, 0) is 49.3 Å². The predicted molar refractivity (Wildman–Crippen MR) is 76.6 cm³/mol. The van der Waals surface area contributed by atoms with Crippen LogP contribution in [0.1, 0.15) is 36.8 Å². The topological polar surface area (TPSA) is 23.5 Å². The van der Waals surface area contributed by atoms with Crippen molar-refractivity contribution in [2.45, 2.75) is 38.3 Å². The van der Waals surface area contributed by atoms with E-state index in [1.165, 1.54) is 37.8 Å². The molecule has 0 radical (unpaired) electrons. The zero-order valence-corrected chi connectivity index (χ0v) is 11.3. The van der Waals surface area contributed by atoms with Crippen LogP contribution >= 0.6 is 0 Å². The highest BCUT2D eigenvalue weighted by molar-refractivity contribution is 5.37. The first-order valence-corrected chi connectivity index (χ1v) is 7.28. The molecule has 0 aromatic heterocycles. The highest BCUT2D eigenvalue weighted by Gasteiger charge is 2.33. The Morgan fingerprint density at radius 2 is 2.05 bits per heavy atom. The molecule has 0 spiro atoms. The summed E-state index contributed by atoms with van der Waals surface area (Å²) in [4.78, 5) is 2.65. The van der Waals surface area contributed by atoms with E-state index in [1.54, 1.807) is 0 Å². The van der Waals surface area contributed by atoms with E-state index in [0.717, 1.165) is 24.1 Å². The summed E-state index contributed by atoms with van der Waals surface area (Å²) < 4.78 is 0. The van der Waals surface area contributed by atoms with Gasteiger partial charge in [-0.15, -0.1) is 0 Å². The Kier molecular flexibility index (Phi) is 3.87. The molecule has 1 N–H and O–H groups in total. The SMILES string of the molecule is OCC#Cc1cccc(CN(CC2CC2)C2CC2)c1. The minimum Gasteiger partial charge on any atom is -0.384 e. The van der Waals surface area contributed by atoms with Crippen LogP contribution in [-0.2, 0) is 6.54 Å². The second-order valence-corrected chi connectivity index (χ2v) is 5.76. The fraction of sp³-hybridized carbons (Fsp3) is 0.529. The number of hydrogen-bond donors (Lipinski definition) is 1. The molecular weight excluding hydrogens is 234 g/mol. The highest BCUT2D eigenvalue weighted by atomic mass is 16.2. The van der Waals surface area contributed by atoms with Crippen LogP contribution in [0, 0.1) is 17.8 Å². The van der Waals surface area contributed by atoms with Gasteiger partial charge in [-0.2, -0.15) is 0 Å². The molecule has 0 saturated heterocycles. The maximum Gasteiger partial charge on any atom is 0.104 e. The third-order valence-electron chi connectivity index (χ3n) is 3.88. The van der Waals surface area contributed by atoms with E-state index in [4.69, 9.17) is 5.11 Å². The lowest BCUT2D eigenvalue weighted by Crippen LogP contribution is -2.27. The number of benzene rings is 1. The third kappa shape index (κ3) is 3.83. The summed E-state index contributed by atoms with van der Waals surface area (Å²) in [5.74, 6) is 6.66. The standard InChI is InChI=1S/C17H21NO/c19-10-2-5-14-3-1-4-16(11-14)13-18(17-8-9-17)12-15-6-7-15/h1,3-4,11,15,17,19H,6-10,12-13H2. The zero-order chi connectivity index (χ0) is 13.1. The van der Waals surface area contributed by atoms with Gasteiger partial charge in [0.2, 0.25) is 0 Å². The molecule has 0 aliphatic heterocycles. The molecule has 2 aliphatic carbocycles. The maximum atomic E-state index is 8.75. The third-order valence-corrected chi connectivity index (χ3v) is 3.88. The monoisotopic (exact) mass is 255 g/mol. The Morgan fingerprint density at radius 3 is 2.74 bits per heavy atom. The largest absolute Gasteiger partial charge is 0.384 e. The second kappa shape index (κ2) is 5.77. The van der Waals surface area contributed by atoms with Crippen LogP contribution in [0.15, 0.2) is 24.3 Å². The fourth-order valence-corrected chi connectivity index (χ4v) is 2.54. The molecule has 2 saturated carbocycles. The van der Waals surface area contributed by atoms with E-state index >= 15 is 0 Å². The summed E-state index contributed by atoms with van der Waals surface area (Å²) in [6.45, 7) is 2.26. The fourth-order valence-electron chi connectivity index (χ4n) is 2.54. The molecule has 0 amide bonds. The van der Waals surface area contributed by atoms with Crippen LogP contribution in [0.25, 0.3) is 0 Å². The van der Waals surface area contributed by atoms with Crippen molar-refractivity contribution in [3.8, 4) is 11.8 Å². The van der Waals surface area contributed by atoms with Gasteiger partial charge in [-0.1, -0.05) is 24.0 Å². The summed E-state index contributed by atoms with van der Waals surface area (Å²) in [7, 11) is 0. The number of rotatable bonds is 5. The first-order valence-electron chi connectivity index (χ1n) is 7.28. The molecule has 0 heterocycles. The van der Waals surface area contributed by atoms with Crippen LogP contribution in [0.3, 0.4) is 0 Å². The molecule has 0 unspecified atom stereocenters. The van der Waals surface area contributed by atoms with Crippen molar-refractivity contribution < 1.29 is 5.11 Å². The van der Waals surface area contributed by atoms with Crippen LogP contribution in [0.2, 0.25) is 0 Å². The first kappa shape index (κ1) is 12.7. The molecule has 19 heavy (non-hydrogen) atoms. The number of aliphatic hydroxyl groups excluding tert-OH is 1. The first-order chi connectivity index (χ1) is 9.35. The quantitative estimate of drug-likeness (QED) is 0.817. The molecule has 1 aromatic carbocycles. The molecule has 2 aliphatic rings. The van der Waals surface area contributed by atoms with Gasteiger partial charge in [0.05, 0.1) is 0 Å². The van der Waals surface area contributed by atoms with Gasteiger partial charge in [0.15, 0.2) is 0 Å². The second-order valence-electron chi connectivity index (χ2n) is 5.76. The van der Waals surface area contributed by atoms with Gasteiger partial charge < -0.3 is 5.11 Å². The Bertz CT molecular complexity index is 491. The summed E-state index contributed by atoms with van der Waals surface area (Å²) in [6.07, 6.45) is 5.59. The van der Waals surface area contributed by atoms with E-state index in [1.807, 2.05) is 6.07 Å². The summed E-state index contributed by atoms with van der Waals surface area (Å²) in [5.41, 5.74) is 2.35. The van der Waals surface area contributed by atoms with Gasteiger partial charge in [0.25, 0.3) is 0 Å². The van der Waals surface area contributed by atoms with Gasteiger partial charge in [-0.3, -0.25) is 4.90 Å². The Morgan fingerprint density at radius 1 is 1.21 bits per heavy atom.